The molecule has 0 aliphatic carbocycles. The van der Waals surface area contributed by atoms with Gasteiger partial charge in [-0.05, 0) is 6.54 Å². The molecule has 1 spiro atoms. The van der Waals surface area contributed by atoms with Crippen molar-refractivity contribution in [2.24, 2.45) is 0 Å². The molecule has 0 amide bonds. The SMILES string of the molecule is [CH2-]N1CCOCC12COC2. The third-order valence-corrected chi connectivity index (χ3v) is 2.29. The van der Waals surface area contributed by atoms with Gasteiger partial charge in [0.2, 0.25) is 0 Å². The molecular weight excluding hydrogens is 130 g/mol. The van der Waals surface area contributed by atoms with Crippen LogP contribution >= 0.6 is 0 Å². The Morgan fingerprint density at radius 1 is 1.20 bits per heavy atom. The molecule has 3 nitrogen and oxygen atoms in total. The fraction of sp³-hybridized carbons (Fsp3) is 0.857. The molecule has 2 rings (SSSR count). The van der Waals surface area contributed by atoms with E-state index < -0.39 is 0 Å². The maximum absolute atomic E-state index is 5.34. The summed E-state index contributed by atoms with van der Waals surface area (Å²) >= 11 is 0. The van der Waals surface area contributed by atoms with E-state index in [0.29, 0.717) is 0 Å². The van der Waals surface area contributed by atoms with Crippen molar-refractivity contribution in [3.63, 3.8) is 0 Å². The van der Waals surface area contributed by atoms with Crippen LogP contribution in [0.25, 0.3) is 0 Å². The molecule has 0 bridgehead atoms. The molecule has 10 heavy (non-hydrogen) atoms. The maximum atomic E-state index is 5.34. The van der Waals surface area contributed by atoms with Gasteiger partial charge in [0.25, 0.3) is 0 Å². The second kappa shape index (κ2) is 2.19. The summed E-state index contributed by atoms with van der Waals surface area (Å²) in [6.45, 7) is 4.11. The number of nitrogens with zero attached hydrogens (tertiary/aromatic N) is 1. The van der Waals surface area contributed by atoms with Crippen LogP contribution in [0.3, 0.4) is 0 Å². The molecule has 0 aromatic heterocycles. The van der Waals surface area contributed by atoms with Crippen molar-refractivity contribution in [3.05, 3.63) is 7.05 Å². The lowest BCUT2D eigenvalue weighted by molar-refractivity contribution is -0.183. The van der Waals surface area contributed by atoms with Crippen LogP contribution in [0.1, 0.15) is 0 Å². The lowest BCUT2D eigenvalue weighted by Gasteiger charge is -2.55. The number of rotatable bonds is 0. The zero-order valence-corrected chi connectivity index (χ0v) is 6.01. The summed E-state index contributed by atoms with van der Waals surface area (Å²) in [7, 11) is 3.95. The van der Waals surface area contributed by atoms with Gasteiger partial charge in [-0.1, -0.05) is 0 Å². The zero-order chi connectivity index (χ0) is 7.03. The van der Waals surface area contributed by atoms with Gasteiger partial charge in [-0.3, -0.25) is 7.05 Å². The molecule has 2 saturated heterocycles. The predicted molar refractivity (Wildman–Crippen MR) is 36.4 cm³/mol. The van der Waals surface area contributed by atoms with Gasteiger partial charge in [-0.2, -0.15) is 0 Å². The lowest BCUT2D eigenvalue weighted by Crippen LogP contribution is -2.65. The third kappa shape index (κ3) is 0.779. The molecule has 0 aromatic carbocycles. The molecule has 0 radical (unpaired) electrons. The van der Waals surface area contributed by atoms with Crippen LogP contribution in [0.2, 0.25) is 0 Å². The molecule has 2 heterocycles. The number of hydrogen-bond acceptors (Lipinski definition) is 3. The molecule has 3 heteroatoms. The van der Waals surface area contributed by atoms with E-state index >= 15 is 0 Å². The normalized spacial score (nSPS) is 32.1. The van der Waals surface area contributed by atoms with Gasteiger partial charge in [0.15, 0.2) is 0 Å². The van der Waals surface area contributed by atoms with Crippen LogP contribution in [0.5, 0.6) is 0 Å². The summed E-state index contributed by atoms with van der Waals surface area (Å²) < 4.78 is 10.5. The molecule has 2 aliphatic rings. The monoisotopic (exact) mass is 142 g/mol. The Balaban J connectivity index is 2.03. The van der Waals surface area contributed by atoms with Gasteiger partial charge in [0.05, 0.1) is 32.0 Å². The van der Waals surface area contributed by atoms with Crippen LogP contribution in [0.4, 0.5) is 0 Å². The smallest absolute Gasteiger partial charge is 0.0672 e. The highest BCUT2D eigenvalue weighted by atomic mass is 16.5. The summed E-state index contributed by atoms with van der Waals surface area (Å²) in [4.78, 5) is 2.10. The van der Waals surface area contributed by atoms with Crippen LogP contribution in [0.15, 0.2) is 0 Å². The first-order valence-electron chi connectivity index (χ1n) is 3.57. The van der Waals surface area contributed by atoms with E-state index in [2.05, 4.69) is 11.9 Å². The average molecular weight is 142 g/mol. The highest BCUT2D eigenvalue weighted by Crippen LogP contribution is 2.26. The summed E-state index contributed by atoms with van der Waals surface area (Å²) in [5.74, 6) is 0. The van der Waals surface area contributed by atoms with Gasteiger partial charge < -0.3 is 14.4 Å². The molecule has 0 saturated carbocycles. The Morgan fingerprint density at radius 3 is 2.30 bits per heavy atom. The van der Waals surface area contributed by atoms with Crippen molar-refractivity contribution in [3.8, 4) is 0 Å². The fourth-order valence-corrected chi connectivity index (χ4v) is 1.37. The van der Waals surface area contributed by atoms with Crippen molar-refractivity contribution in [2.75, 3.05) is 33.0 Å². The van der Waals surface area contributed by atoms with Crippen LogP contribution in [-0.2, 0) is 9.47 Å². The Bertz CT molecular complexity index is 134. The predicted octanol–water partition coefficient (Wildman–Crippen LogP) is -0.121. The molecule has 0 unspecified atom stereocenters. The van der Waals surface area contributed by atoms with E-state index in [0.717, 1.165) is 33.0 Å². The Hall–Kier alpha value is -0.120. The van der Waals surface area contributed by atoms with Crippen molar-refractivity contribution in [1.29, 1.82) is 0 Å². The van der Waals surface area contributed by atoms with Gasteiger partial charge >= 0.3 is 0 Å². The minimum Gasteiger partial charge on any atom is -0.446 e. The van der Waals surface area contributed by atoms with E-state index in [1.54, 1.807) is 0 Å². The van der Waals surface area contributed by atoms with Gasteiger partial charge in [-0.15, -0.1) is 0 Å². The Kier molecular flexibility index (Phi) is 1.44. The summed E-state index contributed by atoms with van der Waals surface area (Å²) in [5.41, 5.74) is 0.137. The number of morpholine rings is 1. The van der Waals surface area contributed by atoms with E-state index in [1.807, 2.05) is 0 Å². The summed E-state index contributed by atoms with van der Waals surface area (Å²) in [6, 6.07) is 0. The zero-order valence-electron chi connectivity index (χ0n) is 6.01. The molecule has 2 aliphatic heterocycles. The van der Waals surface area contributed by atoms with Gasteiger partial charge in [0.1, 0.15) is 0 Å². The molecule has 2 fully saturated rings. The van der Waals surface area contributed by atoms with Gasteiger partial charge in [-0.25, -0.2) is 0 Å². The first-order chi connectivity index (χ1) is 4.83. The number of ether oxygens (including phenoxy) is 2. The Labute approximate surface area is 60.9 Å². The minimum absolute atomic E-state index is 0.137. The fourth-order valence-electron chi connectivity index (χ4n) is 1.37. The van der Waals surface area contributed by atoms with Crippen molar-refractivity contribution < 1.29 is 9.47 Å². The highest BCUT2D eigenvalue weighted by molar-refractivity contribution is 4.98. The standard InChI is InChI=1S/C7H12NO2/c1-8-2-3-9-4-7(8)5-10-6-7/h1-6H2/q-1. The van der Waals surface area contributed by atoms with Crippen molar-refractivity contribution in [1.82, 2.24) is 4.90 Å². The first-order valence-corrected chi connectivity index (χ1v) is 3.57. The molecule has 0 aromatic rings. The topological polar surface area (TPSA) is 21.7 Å². The van der Waals surface area contributed by atoms with E-state index in [4.69, 9.17) is 9.47 Å². The third-order valence-electron chi connectivity index (χ3n) is 2.29. The average Bonchev–Trinajstić information content (AvgIpc) is 1.85. The highest BCUT2D eigenvalue weighted by Gasteiger charge is 2.41. The van der Waals surface area contributed by atoms with E-state index in [-0.39, 0.29) is 5.54 Å². The summed E-state index contributed by atoms with van der Waals surface area (Å²) in [5, 5.41) is 0. The van der Waals surface area contributed by atoms with E-state index in [9.17, 15) is 0 Å². The van der Waals surface area contributed by atoms with Crippen LogP contribution in [-0.4, -0.2) is 43.4 Å². The molecule has 0 N–H and O–H groups in total. The molecular formula is C7H12NO2-. The van der Waals surface area contributed by atoms with Crippen LogP contribution < -0.4 is 0 Å². The van der Waals surface area contributed by atoms with Crippen molar-refractivity contribution in [2.45, 2.75) is 5.54 Å². The second-order valence-corrected chi connectivity index (χ2v) is 3.03. The maximum Gasteiger partial charge on any atom is 0.0672 e. The van der Waals surface area contributed by atoms with E-state index in [1.165, 1.54) is 0 Å². The quantitative estimate of drug-likeness (QED) is 0.440. The van der Waals surface area contributed by atoms with Gasteiger partial charge in [0, 0.05) is 0 Å². The molecule has 58 valence electrons. The summed E-state index contributed by atoms with van der Waals surface area (Å²) in [6.07, 6.45) is 0. The first kappa shape index (κ1) is 6.58. The minimum atomic E-state index is 0.137. The largest absolute Gasteiger partial charge is 0.446 e. The van der Waals surface area contributed by atoms with Crippen molar-refractivity contribution >= 4 is 0 Å². The van der Waals surface area contributed by atoms with Crippen LogP contribution in [0, 0.1) is 7.05 Å². The number of hydrogen-bond donors (Lipinski definition) is 0. The lowest BCUT2D eigenvalue weighted by atomic mass is 9.96. The second-order valence-electron chi connectivity index (χ2n) is 3.03. The Morgan fingerprint density at radius 2 is 1.90 bits per heavy atom. The molecule has 0 atom stereocenters.